The van der Waals surface area contributed by atoms with E-state index in [1.165, 1.54) is 0 Å². The molecule has 0 spiro atoms. The number of hydrogen-bond donors (Lipinski definition) is 2. The van der Waals surface area contributed by atoms with E-state index in [0.29, 0.717) is 6.61 Å². The number of amidine groups is 1. The molecule has 1 unspecified atom stereocenters. The summed E-state index contributed by atoms with van der Waals surface area (Å²) in [5.74, 6) is 0.160. The van der Waals surface area contributed by atoms with E-state index in [4.69, 9.17) is 15.9 Å². The Morgan fingerprint density at radius 2 is 1.95 bits per heavy atom. The largest absolute Gasteiger partial charge is 0.387 e. The summed E-state index contributed by atoms with van der Waals surface area (Å²) >= 11 is 0. The number of ether oxygens (including phenoxy) is 1. The molecule has 3 N–H and O–H groups in total. The van der Waals surface area contributed by atoms with Crippen molar-refractivity contribution in [3.05, 3.63) is 35.9 Å². The number of nitrogens with zero attached hydrogens (tertiary/aromatic N) is 1. The third-order valence-corrected chi connectivity index (χ3v) is 3.00. The number of benzene rings is 1. The highest BCUT2D eigenvalue weighted by Crippen LogP contribution is 2.16. The Labute approximate surface area is 116 Å². The van der Waals surface area contributed by atoms with Crippen LogP contribution >= 0.6 is 0 Å². The van der Waals surface area contributed by atoms with Crippen LogP contribution in [0.25, 0.3) is 0 Å². The second kappa shape index (κ2) is 7.92. The highest BCUT2D eigenvalue weighted by molar-refractivity contribution is 5.84. The van der Waals surface area contributed by atoms with E-state index in [9.17, 15) is 0 Å². The Hall–Kier alpha value is -1.39. The van der Waals surface area contributed by atoms with Crippen molar-refractivity contribution in [3.63, 3.8) is 0 Å². The van der Waals surface area contributed by atoms with Gasteiger partial charge in [-0.05, 0) is 26.5 Å². The highest BCUT2D eigenvalue weighted by atomic mass is 16.5. The van der Waals surface area contributed by atoms with Gasteiger partial charge in [-0.1, -0.05) is 30.3 Å². The molecule has 1 aromatic rings. The molecule has 0 heterocycles. The van der Waals surface area contributed by atoms with Gasteiger partial charge < -0.3 is 15.4 Å². The molecule has 0 saturated heterocycles. The van der Waals surface area contributed by atoms with Gasteiger partial charge in [0, 0.05) is 13.1 Å². The van der Waals surface area contributed by atoms with Crippen molar-refractivity contribution in [2.75, 3.05) is 26.7 Å². The van der Waals surface area contributed by atoms with Gasteiger partial charge in [-0.2, -0.15) is 0 Å². The van der Waals surface area contributed by atoms with Crippen LogP contribution in [0.1, 0.15) is 25.3 Å². The molecule has 0 aliphatic rings. The van der Waals surface area contributed by atoms with Crippen LogP contribution in [-0.2, 0) is 4.74 Å². The SMILES string of the molecule is CC(C)OCCN(C)CC(C(=N)N)c1ccccc1. The average molecular weight is 263 g/mol. The zero-order valence-electron chi connectivity index (χ0n) is 12.1. The van der Waals surface area contributed by atoms with E-state index in [-0.39, 0.29) is 17.9 Å². The van der Waals surface area contributed by atoms with Gasteiger partial charge in [0.1, 0.15) is 0 Å². The smallest absolute Gasteiger partial charge is 0.0995 e. The molecule has 19 heavy (non-hydrogen) atoms. The molecule has 4 nitrogen and oxygen atoms in total. The van der Waals surface area contributed by atoms with Gasteiger partial charge in [0.25, 0.3) is 0 Å². The van der Waals surface area contributed by atoms with Crippen molar-refractivity contribution < 1.29 is 4.74 Å². The molecule has 0 bridgehead atoms. The average Bonchev–Trinajstić information content (AvgIpc) is 2.36. The van der Waals surface area contributed by atoms with Crippen molar-refractivity contribution in [1.82, 2.24) is 4.90 Å². The molecule has 1 rings (SSSR count). The van der Waals surface area contributed by atoms with Gasteiger partial charge >= 0.3 is 0 Å². The topological polar surface area (TPSA) is 62.3 Å². The fourth-order valence-electron chi connectivity index (χ4n) is 1.92. The van der Waals surface area contributed by atoms with Gasteiger partial charge in [0.15, 0.2) is 0 Å². The maximum absolute atomic E-state index is 7.75. The van der Waals surface area contributed by atoms with Crippen molar-refractivity contribution in [3.8, 4) is 0 Å². The summed E-state index contributed by atoms with van der Waals surface area (Å²) in [6.45, 7) is 6.34. The molecule has 106 valence electrons. The van der Waals surface area contributed by atoms with Crippen molar-refractivity contribution in [2.45, 2.75) is 25.9 Å². The lowest BCUT2D eigenvalue weighted by molar-refractivity contribution is 0.0637. The molecule has 0 radical (unpaired) electrons. The Morgan fingerprint density at radius 3 is 2.47 bits per heavy atom. The number of rotatable bonds is 8. The van der Waals surface area contributed by atoms with E-state index < -0.39 is 0 Å². The minimum Gasteiger partial charge on any atom is -0.387 e. The van der Waals surface area contributed by atoms with Crippen molar-refractivity contribution in [1.29, 1.82) is 5.41 Å². The van der Waals surface area contributed by atoms with Crippen LogP contribution in [0, 0.1) is 5.41 Å². The van der Waals surface area contributed by atoms with Gasteiger partial charge in [0.05, 0.1) is 24.5 Å². The number of likely N-dealkylation sites (N-methyl/N-ethyl adjacent to an activating group) is 1. The maximum atomic E-state index is 7.75. The molecule has 0 saturated carbocycles. The first-order valence-corrected chi connectivity index (χ1v) is 6.69. The van der Waals surface area contributed by atoms with Crippen LogP contribution in [0.2, 0.25) is 0 Å². The Balaban J connectivity index is 2.53. The molecule has 1 atom stereocenters. The molecule has 1 aromatic carbocycles. The standard InChI is InChI=1S/C15H25N3O/c1-12(2)19-10-9-18(3)11-14(15(16)17)13-7-5-4-6-8-13/h4-8,12,14H,9-11H2,1-3H3,(H3,16,17). The van der Waals surface area contributed by atoms with E-state index in [2.05, 4.69) is 4.90 Å². The van der Waals surface area contributed by atoms with Gasteiger partial charge in [-0.15, -0.1) is 0 Å². The third-order valence-electron chi connectivity index (χ3n) is 3.00. The van der Waals surface area contributed by atoms with E-state index in [1.807, 2.05) is 51.2 Å². The quantitative estimate of drug-likeness (QED) is 0.557. The van der Waals surface area contributed by atoms with Gasteiger partial charge in [0.2, 0.25) is 0 Å². The highest BCUT2D eigenvalue weighted by Gasteiger charge is 2.16. The zero-order valence-corrected chi connectivity index (χ0v) is 12.1. The first-order chi connectivity index (χ1) is 9.00. The molecular weight excluding hydrogens is 238 g/mol. The van der Waals surface area contributed by atoms with Crippen LogP contribution in [0.15, 0.2) is 30.3 Å². The minimum atomic E-state index is -0.0507. The monoisotopic (exact) mass is 263 g/mol. The minimum absolute atomic E-state index is 0.0507. The summed E-state index contributed by atoms with van der Waals surface area (Å²) in [5, 5.41) is 7.75. The summed E-state index contributed by atoms with van der Waals surface area (Å²) in [7, 11) is 2.03. The summed E-state index contributed by atoms with van der Waals surface area (Å²) < 4.78 is 5.53. The van der Waals surface area contributed by atoms with Crippen LogP contribution in [-0.4, -0.2) is 43.6 Å². The van der Waals surface area contributed by atoms with E-state index >= 15 is 0 Å². The van der Waals surface area contributed by atoms with E-state index in [0.717, 1.165) is 18.7 Å². The molecule has 0 aliphatic carbocycles. The predicted molar refractivity (Wildman–Crippen MR) is 79.7 cm³/mol. The Morgan fingerprint density at radius 1 is 1.32 bits per heavy atom. The van der Waals surface area contributed by atoms with E-state index in [1.54, 1.807) is 0 Å². The normalized spacial score (nSPS) is 12.9. The van der Waals surface area contributed by atoms with Gasteiger partial charge in [-0.25, -0.2) is 0 Å². The Kier molecular flexibility index (Phi) is 6.53. The predicted octanol–water partition coefficient (Wildman–Crippen LogP) is 2.06. The number of nitrogens with two attached hydrogens (primary N) is 1. The fourth-order valence-corrected chi connectivity index (χ4v) is 1.92. The first-order valence-electron chi connectivity index (χ1n) is 6.69. The van der Waals surface area contributed by atoms with Gasteiger partial charge in [-0.3, -0.25) is 5.41 Å². The molecule has 0 fully saturated rings. The van der Waals surface area contributed by atoms with Crippen LogP contribution in [0.4, 0.5) is 0 Å². The Bertz CT molecular complexity index is 378. The summed E-state index contributed by atoms with van der Waals surface area (Å²) in [5.41, 5.74) is 6.81. The maximum Gasteiger partial charge on any atom is 0.0995 e. The summed E-state index contributed by atoms with van der Waals surface area (Å²) in [4.78, 5) is 2.15. The van der Waals surface area contributed by atoms with Crippen LogP contribution < -0.4 is 5.73 Å². The lowest BCUT2D eigenvalue weighted by Crippen LogP contribution is -2.34. The zero-order chi connectivity index (χ0) is 14.3. The van der Waals surface area contributed by atoms with Crippen LogP contribution in [0.3, 0.4) is 0 Å². The molecule has 0 aromatic heterocycles. The molecule has 4 heteroatoms. The number of hydrogen-bond acceptors (Lipinski definition) is 3. The van der Waals surface area contributed by atoms with Crippen molar-refractivity contribution >= 4 is 5.84 Å². The fraction of sp³-hybridized carbons (Fsp3) is 0.533. The second-order valence-electron chi connectivity index (χ2n) is 5.10. The second-order valence-corrected chi connectivity index (χ2v) is 5.10. The third kappa shape index (κ3) is 5.85. The molecule has 0 aliphatic heterocycles. The summed E-state index contributed by atoms with van der Waals surface area (Å²) in [6, 6.07) is 9.97. The van der Waals surface area contributed by atoms with Crippen molar-refractivity contribution in [2.24, 2.45) is 5.73 Å². The molecular formula is C15H25N3O. The molecule has 0 amide bonds. The first kappa shape index (κ1) is 15.7. The lowest BCUT2D eigenvalue weighted by atomic mass is 9.97. The van der Waals surface area contributed by atoms with Crippen LogP contribution in [0.5, 0.6) is 0 Å². The lowest BCUT2D eigenvalue weighted by Gasteiger charge is -2.24. The summed E-state index contributed by atoms with van der Waals surface area (Å²) in [6.07, 6.45) is 0.256. The number of nitrogens with one attached hydrogen (secondary N) is 1.